The first-order valence-electron chi connectivity index (χ1n) is 5.46. The van der Waals surface area contributed by atoms with Gasteiger partial charge in [-0.1, -0.05) is 17.7 Å². The highest BCUT2D eigenvalue weighted by Gasteiger charge is 2.33. The molecule has 1 aromatic rings. The molecule has 1 aliphatic carbocycles. The topological polar surface area (TPSA) is 59.2 Å². The average molecular weight is 252 g/mol. The van der Waals surface area contributed by atoms with E-state index in [1.54, 1.807) is 17.0 Å². The van der Waals surface area contributed by atoms with Gasteiger partial charge in [-0.2, -0.15) is 0 Å². The lowest BCUT2D eigenvalue weighted by atomic mass is 10.2. The van der Waals surface area contributed by atoms with Crippen molar-refractivity contribution in [2.75, 3.05) is 12.3 Å². The SMILES string of the molecule is C=CCN(C(=O)c1cc(N)cnc1Cl)C1CC1. The zero-order chi connectivity index (χ0) is 12.4. The van der Waals surface area contributed by atoms with Gasteiger partial charge in [-0.15, -0.1) is 6.58 Å². The highest BCUT2D eigenvalue weighted by molar-refractivity contribution is 6.32. The number of pyridine rings is 1. The fraction of sp³-hybridized carbons (Fsp3) is 0.333. The molecular formula is C12H14ClN3O. The van der Waals surface area contributed by atoms with Crippen LogP contribution in [0.15, 0.2) is 24.9 Å². The molecule has 5 heteroatoms. The highest BCUT2D eigenvalue weighted by Crippen LogP contribution is 2.29. The van der Waals surface area contributed by atoms with E-state index in [-0.39, 0.29) is 11.1 Å². The Bertz CT molecular complexity index is 457. The van der Waals surface area contributed by atoms with Gasteiger partial charge in [-0.25, -0.2) is 4.98 Å². The molecule has 0 spiro atoms. The molecule has 0 aromatic carbocycles. The molecule has 0 radical (unpaired) electrons. The van der Waals surface area contributed by atoms with E-state index in [1.807, 2.05) is 0 Å². The zero-order valence-electron chi connectivity index (χ0n) is 9.40. The molecule has 1 fully saturated rings. The van der Waals surface area contributed by atoms with Crippen molar-refractivity contribution in [1.82, 2.24) is 9.88 Å². The number of carbonyl (C=O) groups is 1. The van der Waals surface area contributed by atoms with Crippen molar-refractivity contribution in [1.29, 1.82) is 0 Å². The Balaban J connectivity index is 2.27. The summed E-state index contributed by atoms with van der Waals surface area (Å²) in [6.07, 6.45) is 5.22. The van der Waals surface area contributed by atoms with Gasteiger partial charge in [0, 0.05) is 12.6 Å². The Morgan fingerprint density at radius 2 is 2.41 bits per heavy atom. The van der Waals surface area contributed by atoms with E-state index in [1.165, 1.54) is 6.20 Å². The first-order valence-corrected chi connectivity index (χ1v) is 5.84. The maximum Gasteiger partial charge on any atom is 0.257 e. The number of carbonyl (C=O) groups excluding carboxylic acids is 1. The Morgan fingerprint density at radius 3 is 3.00 bits per heavy atom. The first kappa shape index (κ1) is 11.9. The Labute approximate surface area is 105 Å². The van der Waals surface area contributed by atoms with Gasteiger partial charge in [0.05, 0.1) is 17.4 Å². The van der Waals surface area contributed by atoms with Crippen LogP contribution in [-0.4, -0.2) is 28.4 Å². The number of anilines is 1. The molecule has 4 nitrogen and oxygen atoms in total. The Hall–Kier alpha value is -1.55. The number of amides is 1. The third kappa shape index (κ3) is 2.58. The van der Waals surface area contributed by atoms with Crippen LogP contribution in [0.3, 0.4) is 0 Å². The van der Waals surface area contributed by atoms with E-state index in [2.05, 4.69) is 11.6 Å². The summed E-state index contributed by atoms with van der Waals surface area (Å²) in [5.41, 5.74) is 6.42. The largest absolute Gasteiger partial charge is 0.397 e. The number of rotatable bonds is 4. The smallest absolute Gasteiger partial charge is 0.257 e. The molecule has 1 aromatic heterocycles. The van der Waals surface area contributed by atoms with Crippen LogP contribution >= 0.6 is 11.6 Å². The minimum atomic E-state index is -0.128. The summed E-state index contributed by atoms with van der Waals surface area (Å²) in [6, 6.07) is 1.87. The molecule has 0 aliphatic heterocycles. The van der Waals surface area contributed by atoms with Crippen molar-refractivity contribution in [2.45, 2.75) is 18.9 Å². The van der Waals surface area contributed by atoms with E-state index >= 15 is 0 Å². The molecule has 0 unspecified atom stereocenters. The van der Waals surface area contributed by atoms with Gasteiger partial charge < -0.3 is 10.6 Å². The second-order valence-corrected chi connectivity index (χ2v) is 4.44. The standard InChI is InChI=1S/C12H14ClN3O/c1-2-5-16(9-3-4-9)12(17)10-6-8(14)7-15-11(10)13/h2,6-7,9H,1,3-5,14H2. The molecule has 2 rings (SSSR count). The lowest BCUT2D eigenvalue weighted by Gasteiger charge is -2.21. The quantitative estimate of drug-likeness (QED) is 0.659. The molecule has 1 saturated carbocycles. The number of hydrogen-bond acceptors (Lipinski definition) is 3. The van der Waals surface area contributed by atoms with Crippen LogP contribution in [0, 0.1) is 0 Å². The van der Waals surface area contributed by atoms with Crippen LogP contribution in [0.5, 0.6) is 0 Å². The van der Waals surface area contributed by atoms with E-state index in [0.717, 1.165) is 12.8 Å². The van der Waals surface area contributed by atoms with E-state index in [0.29, 0.717) is 23.8 Å². The summed E-state index contributed by atoms with van der Waals surface area (Å²) in [6.45, 7) is 4.18. The maximum atomic E-state index is 12.3. The van der Waals surface area contributed by atoms with Crippen LogP contribution in [0.2, 0.25) is 5.15 Å². The van der Waals surface area contributed by atoms with Crippen molar-refractivity contribution in [3.05, 3.63) is 35.6 Å². The minimum absolute atomic E-state index is 0.128. The first-order chi connectivity index (χ1) is 8.13. The van der Waals surface area contributed by atoms with Crippen LogP contribution < -0.4 is 5.73 Å². The molecular weight excluding hydrogens is 238 g/mol. The molecule has 17 heavy (non-hydrogen) atoms. The average Bonchev–Trinajstić information content (AvgIpc) is 3.12. The molecule has 0 saturated heterocycles. The zero-order valence-corrected chi connectivity index (χ0v) is 10.2. The Morgan fingerprint density at radius 1 is 1.71 bits per heavy atom. The van der Waals surface area contributed by atoms with Crippen LogP contribution in [0.4, 0.5) is 5.69 Å². The molecule has 1 heterocycles. The van der Waals surface area contributed by atoms with Crippen LogP contribution in [0.25, 0.3) is 0 Å². The summed E-state index contributed by atoms with van der Waals surface area (Å²) >= 11 is 5.92. The normalized spacial score (nSPS) is 14.4. The van der Waals surface area contributed by atoms with Crippen LogP contribution in [-0.2, 0) is 0 Å². The number of nitrogens with zero attached hydrogens (tertiary/aromatic N) is 2. The predicted octanol–water partition coefficient (Wildman–Crippen LogP) is 2.11. The summed E-state index contributed by atoms with van der Waals surface area (Å²) in [5, 5.41) is 0.193. The minimum Gasteiger partial charge on any atom is -0.397 e. The van der Waals surface area contributed by atoms with Gasteiger partial charge in [-0.05, 0) is 18.9 Å². The third-order valence-electron chi connectivity index (χ3n) is 2.66. The van der Waals surface area contributed by atoms with Crippen molar-refractivity contribution in [2.24, 2.45) is 0 Å². The Kier molecular flexibility index (Phi) is 3.33. The second-order valence-electron chi connectivity index (χ2n) is 4.08. The molecule has 1 amide bonds. The van der Waals surface area contributed by atoms with E-state index < -0.39 is 0 Å². The second kappa shape index (κ2) is 4.75. The fourth-order valence-electron chi connectivity index (χ4n) is 1.69. The molecule has 90 valence electrons. The maximum absolute atomic E-state index is 12.3. The van der Waals surface area contributed by atoms with Gasteiger partial charge in [0.2, 0.25) is 0 Å². The number of nitrogens with two attached hydrogens (primary N) is 1. The third-order valence-corrected chi connectivity index (χ3v) is 2.97. The lowest BCUT2D eigenvalue weighted by Crippen LogP contribution is -2.33. The van der Waals surface area contributed by atoms with Crippen molar-refractivity contribution in [3.8, 4) is 0 Å². The molecule has 1 aliphatic rings. The van der Waals surface area contributed by atoms with Crippen molar-refractivity contribution < 1.29 is 4.79 Å². The monoisotopic (exact) mass is 251 g/mol. The van der Waals surface area contributed by atoms with Crippen LogP contribution in [0.1, 0.15) is 23.2 Å². The van der Waals surface area contributed by atoms with Crippen molar-refractivity contribution in [3.63, 3.8) is 0 Å². The summed E-state index contributed by atoms with van der Waals surface area (Å²) in [4.78, 5) is 17.9. The van der Waals surface area contributed by atoms with Gasteiger partial charge in [0.25, 0.3) is 5.91 Å². The highest BCUT2D eigenvalue weighted by atomic mass is 35.5. The molecule has 0 atom stereocenters. The predicted molar refractivity (Wildman–Crippen MR) is 67.9 cm³/mol. The van der Waals surface area contributed by atoms with Gasteiger partial charge in [0.15, 0.2) is 0 Å². The summed E-state index contributed by atoms with van der Waals surface area (Å²) < 4.78 is 0. The summed E-state index contributed by atoms with van der Waals surface area (Å²) in [7, 11) is 0. The van der Waals surface area contributed by atoms with Gasteiger partial charge >= 0.3 is 0 Å². The lowest BCUT2D eigenvalue weighted by molar-refractivity contribution is 0.0762. The number of halogens is 1. The molecule has 2 N–H and O–H groups in total. The number of aromatic nitrogens is 1. The molecule has 0 bridgehead atoms. The van der Waals surface area contributed by atoms with E-state index in [9.17, 15) is 4.79 Å². The van der Waals surface area contributed by atoms with Gasteiger partial charge in [0.1, 0.15) is 5.15 Å². The number of hydrogen-bond donors (Lipinski definition) is 1. The van der Waals surface area contributed by atoms with E-state index in [4.69, 9.17) is 17.3 Å². The van der Waals surface area contributed by atoms with Crippen molar-refractivity contribution >= 4 is 23.2 Å². The summed E-state index contributed by atoms with van der Waals surface area (Å²) in [5.74, 6) is -0.128. The van der Waals surface area contributed by atoms with Gasteiger partial charge in [-0.3, -0.25) is 4.79 Å². The number of nitrogen functional groups attached to an aromatic ring is 1. The fourth-order valence-corrected chi connectivity index (χ4v) is 1.88.